The molecule has 0 bridgehead atoms. The molecule has 0 aromatic heterocycles. The second-order valence-electron chi connectivity index (χ2n) is 6.26. The van der Waals surface area contributed by atoms with Gasteiger partial charge in [0.05, 0.1) is 13.2 Å². The summed E-state index contributed by atoms with van der Waals surface area (Å²) in [5.74, 6) is 1.58. The first-order valence-corrected chi connectivity index (χ1v) is 7.77. The summed E-state index contributed by atoms with van der Waals surface area (Å²) in [6.45, 7) is 4.14. The molecule has 1 aliphatic rings. The van der Waals surface area contributed by atoms with Crippen molar-refractivity contribution in [2.45, 2.75) is 18.9 Å². The third-order valence-corrected chi connectivity index (χ3v) is 4.39. The number of hydrogen-bond donors (Lipinski definition) is 1. The standard InChI is InChI=1S/C17H28N2O2/c1-18-10-8-14(9-11-18)12-19(2)13-17(20)15-4-6-16(21-3)7-5-15/h4-7,14,17,20H,8-13H2,1-3H3. The summed E-state index contributed by atoms with van der Waals surface area (Å²) >= 11 is 0. The van der Waals surface area contributed by atoms with Crippen molar-refractivity contribution in [2.75, 3.05) is 47.4 Å². The molecule has 4 heteroatoms. The van der Waals surface area contributed by atoms with Crippen LogP contribution >= 0.6 is 0 Å². The molecule has 1 aromatic rings. The van der Waals surface area contributed by atoms with Crippen LogP contribution in [0.3, 0.4) is 0 Å². The highest BCUT2D eigenvalue weighted by molar-refractivity contribution is 5.28. The number of piperidine rings is 1. The van der Waals surface area contributed by atoms with Crippen molar-refractivity contribution in [3.05, 3.63) is 29.8 Å². The summed E-state index contributed by atoms with van der Waals surface area (Å²) < 4.78 is 5.14. The molecule has 1 aliphatic heterocycles. The molecule has 4 nitrogen and oxygen atoms in total. The molecule has 0 radical (unpaired) electrons. The average Bonchev–Trinajstić information content (AvgIpc) is 2.49. The molecule has 1 aromatic carbocycles. The number of nitrogens with zero attached hydrogens (tertiary/aromatic N) is 2. The molecule has 118 valence electrons. The van der Waals surface area contributed by atoms with Crippen molar-refractivity contribution in [1.29, 1.82) is 0 Å². The van der Waals surface area contributed by atoms with Crippen molar-refractivity contribution in [3.63, 3.8) is 0 Å². The van der Waals surface area contributed by atoms with E-state index >= 15 is 0 Å². The maximum atomic E-state index is 10.3. The Labute approximate surface area is 128 Å². The van der Waals surface area contributed by atoms with Gasteiger partial charge in [0, 0.05) is 13.1 Å². The zero-order valence-corrected chi connectivity index (χ0v) is 13.5. The van der Waals surface area contributed by atoms with Crippen molar-refractivity contribution >= 4 is 0 Å². The lowest BCUT2D eigenvalue weighted by Crippen LogP contribution is -2.37. The Morgan fingerprint density at radius 2 is 1.90 bits per heavy atom. The van der Waals surface area contributed by atoms with Crippen LogP contribution in [-0.2, 0) is 0 Å². The number of likely N-dealkylation sites (tertiary alicyclic amines) is 1. The lowest BCUT2D eigenvalue weighted by atomic mass is 9.96. The second-order valence-corrected chi connectivity index (χ2v) is 6.26. The molecule has 0 spiro atoms. The summed E-state index contributed by atoms with van der Waals surface area (Å²) in [6.07, 6.45) is 2.09. The zero-order chi connectivity index (χ0) is 15.2. The molecule has 0 saturated carbocycles. The van der Waals surface area contributed by atoms with Crippen LogP contribution in [0.5, 0.6) is 5.75 Å². The highest BCUT2D eigenvalue weighted by Crippen LogP contribution is 2.20. The zero-order valence-electron chi connectivity index (χ0n) is 13.5. The van der Waals surface area contributed by atoms with E-state index in [4.69, 9.17) is 4.74 Å². The van der Waals surface area contributed by atoms with E-state index in [1.165, 1.54) is 25.9 Å². The van der Waals surface area contributed by atoms with E-state index < -0.39 is 6.10 Å². The first-order chi connectivity index (χ1) is 10.1. The maximum Gasteiger partial charge on any atom is 0.118 e. The van der Waals surface area contributed by atoms with Crippen LogP contribution in [0.2, 0.25) is 0 Å². The van der Waals surface area contributed by atoms with Crippen LogP contribution in [0, 0.1) is 5.92 Å². The monoisotopic (exact) mass is 292 g/mol. The minimum absolute atomic E-state index is 0.438. The number of hydrogen-bond acceptors (Lipinski definition) is 4. The molecule has 1 unspecified atom stereocenters. The molecule has 0 aliphatic carbocycles. The number of benzene rings is 1. The molecule has 1 saturated heterocycles. The number of likely N-dealkylation sites (N-methyl/N-ethyl adjacent to an activating group) is 1. The molecule has 1 fully saturated rings. The number of aliphatic hydroxyl groups excluding tert-OH is 1. The Morgan fingerprint density at radius 1 is 1.29 bits per heavy atom. The maximum absolute atomic E-state index is 10.3. The molecule has 1 atom stereocenters. The Morgan fingerprint density at radius 3 is 2.48 bits per heavy atom. The predicted octanol–water partition coefficient (Wildman–Crippen LogP) is 2.00. The van der Waals surface area contributed by atoms with Gasteiger partial charge in [0.2, 0.25) is 0 Å². The Kier molecular flexibility index (Phi) is 6.03. The van der Waals surface area contributed by atoms with Gasteiger partial charge in [-0.1, -0.05) is 12.1 Å². The van der Waals surface area contributed by atoms with E-state index in [-0.39, 0.29) is 0 Å². The minimum Gasteiger partial charge on any atom is -0.497 e. The van der Waals surface area contributed by atoms with Crippen molar-refractivity contribution in [2.24, 2.45) is 5.92 Å². The summed E-state index contributed by atoms with van der Waals surface area (Å²) in [7, 11) is 5.94. The third kappa shape index (κ3) is 4.99. The van der Waals surface area contributed by atoms with E-state index in [2.05, 4.69) is 23.9 Å². The van der Waals surface area contributed by atoms with Crippen LogP contribution in [0.25, 0.3) is 0 Å². The minimum atomic E-state index is -0.438. The van der Waals surface area contributed by atoms with Crippen LogP contribution in [-0.4, -0.2) is 62.3 Å². The quantitative estimate of drug-likeness (QED) is 0.870. The van der Waals surface area contributed by atoms with Crippen LogP contribution in [0.1, 0.15) is 24.5 Å². The second kappa shape index (κ2) is 7.78. The largest absolute Gasteiger partial charge is 0.497 e. The van der Waals surface area contributed by atoms with Gasteiger partial charge in [0.15, 0.2) is 0 Å². The number of rotatable bonds is 6. The highest BCUT2D eigenvalue weighted by atomic mass is 16.5. The van der Waals surface area contributed by atoms with Crippen LogP contribution in [0.15, 0.2) is 24.3 Å². The normalized spacial score (nSPS) is 18.9. The smallest absolute Gasteiger partial charge is 0.118 e. The van der Waals surface area contributed by atoms with Gasteiger partial charge < -0.3 is 19.6 Å². The van der Waals surface area contributed by atoms with Gasteiger partial charge in [-0.2, -0.15) is 0 Å². The van der Waals surface area contributed by atoms with Crippen molar-refractivity contribution < 1.29 is 9.84 Å². The molecular weight excluding hydrogens is 264 g/mol. The molecule has 1 heterocycles. The van der Waals surface area contributed by atoms with E-state index in [0.717, 1.165) is 23.8 Å². The lowest BCUT2D eigenvalue weighted by molar-refractivity contribution is 0.106. The van der Waals surface area contributed by atoms with Gasteiger partial charge in [-0.25, -0.2) is 0 Å². The van der Waals surface area contributed by atoms with E-state index in [9.17, 15) is 5.11 Å². The van der Waals surface area contributed by atoms with E-state index in [1.54, 1.807) is 7.11 Å². The van der Waals surface area contributed by atoms with Crippen LogP contribution < -0.4 is 4.74 Å². The fraction of sp³-hybridized carbons (Fsp3) is 0.647. The molecular formula is C17H28N2O2. The number of methoxy groups -OCH3 is 1. The van der Waals surface area contributed by atoms with E-state index in [1.807, 2.05) is 24.3 Å². The number of ether oxygens (including phenoxy) is 1. The Bertz CT molecular complexity index is 413. The SMILES string of the molecule is COc1ccc(C(O)CN(C)CC2CCN(C)CC2)cc1. The fourth-order valence-electron chi connectivity index (χ4n) is 2.99. The Hall–Kier alpha value is -1.10. The lowest BCUT2D eigenvalue weighted by Gasteiger charge is -2.32. The summed E-state index contributed by atoms with van der Waals surface area (Å²) in [6, 6.07) is 7.67. The van der Waals surface area contributed by atoms with Gasteiger partial charge in [-0.3, -0.25) is 0 Å². The van der Waals surface area contributed by atoms with Gasteiger partial charge in [-0.05, 0) is 63.6 Å². The highest BCUT2D eigenvalue weighted by Gasteiger charge is 2.19. The molecule has 0 amide bonds. The summed E-state index contributed by atoms with van der Waals surface area (Å²) in [5, 5.41) is 10.3. The summed E-state index contributed by atoms with van der Waals surface area (Å²) in [5.41, 5.74) is 0.950. The molecule has 1 N–H and O–H groups in total. The van der Waals surface area contributed by atoms with Gasteiger partial charge in [0.1, 0.15) is 5.75 Å². The Balaban J connectivity index is 1.79. The van der Waals surface area contributed by atoms with Crippen LogP contribution in [0.4, 0.5) is 0 Å². The van der Waals surface area contributed by atoms with Gasteiger partial charge in [0.25, 0.3) is 0 Å². The van der Waals surface area contributed by atoms with Crippen molar-refractivity contribution in [3.8, 4) is 5.75 Å². The first-order valence-electron chi connectivity index (χ1n) is 7.77. The number of aliphatic hydroxyl groups is 1. The van der Waals surface area contributed by atoms with Gasteiger partial charge in [-0.15, -0.1) is 0 Å². The van der Waals surface area contributed by atoms with Gasteiger partial charge >= 0.3 is 0 Å². The topological polar surface area (TPSA) is 35.9 Å². The summed E-state index contributed by atoms with van der Waals surface area (Å²) in [4.78, 5) is 4.65. The molecule has 21 heavy (non-hydrogen) atoms. The average molecular weight is 292 g/mol. The third-order valence-electron chi connectivity index (χ3n) is 4.39. The van der Waals surface area contributed by atoms with E-state index in [0.29, 0.717) is 6.54 Å². The van der Waals surface area contributed by atoms with Crippen molar-refractivity contribution in [1.82, 2.24) is 9.80 Å². The molecule has 2 rings (SSSR count). The fourth-order valence-corrected chi connectivity index (χ4v) is 2.99. The first kappa shape index (κ1) is 16.3. The predicted molar refractivity (Wildman–Crippen MR) is 85.7 cm³/mol.